The lowest BCUT2D eigenvalue weighted by Gasteiger charge is -2.04. The van der Waals surface area contributed by atoms with Crippen LogP contribution in [0.4, 0.5) is 5.82 Å². The molecule has 0 saturated heterocycles. The quantitative estimate of drug-likeness (QED) is 0.784. The standard InChI is InChI=1S/C12H18N4/c1-3-4-5-8-13-11-6-7-12-14-10(2)9-16(12)15-11/h6-7,9H,3-5,8H2,1-2H3,(H,13,15). The molecule has 1 N–H and O–H groups in total. The molecule has 0 aromatic carbocycles. The Morgan fingerprint density at radius 3 is 3.00 bits per heavy atom. The van der Waals surface area contributed by atoms with Gasteiger partial charge in [0.05, 0.1) is 11.9 Å². The highest BCUT2D eigenvalue weighted by Crippen LogP contribution is 2.07. The molecule has 0 aliphatic carbocycles. The van der Waals surface area contributed by atoms with Crippen molar-refractivity contribution in [3.63, 3.8) is 0 Å². The van der Waals surface area contributed by atoms with Crippen molar-refractivity contribution in [3.8, 4) is 0 Å². The Morgan fingerprint density at radius 1 is 1.31 bits per heavy atom. The highest BCUT2D eigenvalue weighted by Gasteiger charge is 1.99. The fourth-order valence-electron chi connectivity index (χ4n) is 1.69. The first-order chi connectivity index (χ1) is 7.79. The number of imidazole rings is 1. The second-order valence-corrected chi connectivity index (χ2v) is 4.04. The third-order valence-electron chi connectivity index (χ3n) is 2.53. The Labute approximate surface area is 95.7 Å². The summed E-state index contributed by atoms with van der Waals surface area (Å²) in [7, 11) is 0. The number of anilines is 1. The van der Waals surface area contributed by atoms with Gasteiger partial charge in [0.15, 0.2) is 5.65 Å². The van der Waals surface area contributed by atoms with Gasteiger partial charge in [0.25, 0.3) is 0 Å². The molecule has 0 aliphatic rings. The van der Waals surface area contributed by atoms with Gasteiger partial charge in [0.2, 0.25) is 0 Å². The lowest BCUT2D eigenvalue weighted by molar-refractivity contribution is 0.740. The van der Waals surface area contributed by atoms with Crippen LogP contribution in [-0.2, 0) is 0 Å². The molecule has 0 aliphatic heterocycles. The van der Waals surface area contributed by atoms with Gasteiger partial charge in [-0.25, -0.2) is 9.50 Å². The van der Waals surface area contributed by atoms with Crippen molar-refractivity contribution < 1.29 is 0 Å². The van der Waals surface area contributed by atoms with Gasteiger partial charge in [-0.05, 0) is 25.5 Å². The SMILES string of the molecule is CCCCCNc1ccc2nc(C)cn2n1. The number of fused-ring (bicyclic) bond motifs is 1. The van der Waals surface area contributed by atoms with Crippen LogP contribution in [0.5, 0.6) is 0 Å². The molecule has 0 atom stereocenters. The van der Waals surface area contributed by atoms with E-state index in [1.807, 2.05) is 29.8 Å². The minimum absolute atomic E-state index is 0.900. The summed E-state index contributed by atoms with van der Waals surface area (Å²) in [5.74, 6) is 0.918. The summed E-state index contributed by atoms with van der Waals surface area (Å²) >= 11 is 0. The van der Waals surface area contributed by atoms with Crippen LogP contribution in [0.15, 0.2) is 18.3 Å². The smallest absolute Gasteiger partial charge is 0.153 e. The van der Waals surface area contributed by atoms with Crippen LogP contribution < -0.4 is 5.32 Å². The van der Waals surface area contributed by atoms with Gasteiger partial charge >= 0.3 is 0 Å². The Bertz CT molecular complexity index is 461. The second kappa shape index (κ2) is 4.96. The van der Waals surface area contributed by atoms with Gasteiger partial charge in [-0.3, -0.25) is 0 Å². The molecule has 4 heteroatoms. The van der Waals surface area contributed by atoms with E-state index in [1.54, 1.807) is 0 Å². The number of unbranched alkanes of at least 4 members (excludes halogenated alkanes) is 2. The third kappa shape index (κ3) is 2.51. The molecule has 4 nitrogen and oxygen atoms in total. The van der Waals surface area contributed by atoms with Crippen molar-refractivity contribution in [1.29, 1.82) is 0 Å². The molecule has 0 amide bonds. The zero-order chi connectivity index (χ0) is 11.4. The average molecular weight is 218 g/mol. The van der Waals surface area contributed by atoms with E-state index >= 15 is 0 Å². The molecule has 0 spiro atoms. The first kappa shape index (κ1) is 10.9. The van der Waals surface area contributed by atoms with Gasteiger partial charge in [-0.1, -0.05) is 19.8 Å². The van der Waals surface area contributed by atoms with Crippen molar-refractivity contribution in [1.82, 2.24) is 14.6 Å². The summed E-state index contributed by atoms with van der Waals surface area (Å²) in [5.41, 5.74) is 1.90. The first-order valence-electron chi connectivity index (χ1n) is 5.86. The summed E-state index contributed by atoms with van der Waals surface area (Å²) < 4.78 is 1.82. The minimum Gasteiger partial charge on any atom is -0.369 e. The van der Waals surface area contributed by atoms with Gasteiger partial charge < -0.3 is 5.32 Å². The second-order valence-electron chi connectivity index (χ2n) is 4.04. The Kier molecular flexibility index (Phi) is 3.39. The van der Waals surface area contributed by atoms with Crippen molar-refractivity contribution in [2.75, 3.05) is 11.9 Å². The number of aryl methyl sites for hydroxylation is 1. The van der Waals surface area contributed by atoms with Crippen molar-refractivity contribution >= 4 is 11.5 Å². The number of aromatic nitrogens is 3. The normalized spacial score (nSPS) is 10.9. The molecule has 2 aromatic rings. The zero-order valence-corrected chi connectivity index (χ0v) is 9.90. The van der Waals surface area contributed by atoms with Crippen molar-refractivity contribution in [2.24, 2.45) is 0 Å². The van der Waals surface area contributed by atoms with E-state index < -0.39 is 0 Å². The Hall–Kier alpha value is -1.58. The molecule has 0 bridgehead atoms. The van der Waals surface area contributed by atoms with Crippen molar-refractivity contribution in [2.45, 2.75) is 33.1 Å². The van der Waals surface area contributed by atoms with E-state index in [9.17, 15) is 0 Å². The molecular formula is C12H18N4. The van der Waals surface area contributed by atoms with E-state index in [2.05, 4.69) is 22.3 Å². The number of nitrogens with zero attached hydrogens (tertiary/aromatic N) is 3. The number of hydrogen-bond donors (Lipinski definition) is 1. The molecule has 16 heavy (non-hydrogen) atoms. The van der Waals surface area contributed by atoms with Gasteiger partial charge in [-0.15, -0.1) is 5.10 Å². The molecule has 86 valence electrons. The molecule has 2 aromatic heterocycles. The predicted octanol–water partition coefficient (Wildman–Crippen LogP) is 2.64. The zero-order valence-electron chi connectivity index (χ0n) is 9.90. The van der Waals surface area contributed by atoms with Crippen LogP contribution in [0.3, 0.4) is 0 Å². The Morgan fingerprint density at radius 2 is 2.19 bits per heavy atom. The van der Waals surface area contributed by atoms with E-state index in [4.69, 9.17) is 0 Å². The predicted molar refractivity (Wildman–Crippen MR) is 65.7 cm³/mol. The number of hydrogen-bond acceptors (Lipinski definition) is 3. The molecule has 0 radical (unpaired) electrons. The summed E-state index contributed by atoms with van der Waals surface area (Å²) in [5, 5.41) is 7.76. The number of nitrogens with one attached hydrogen (secondary N) is 1. The summed E-state index contributed by atoms with van der Waals surface area (Å²) in [6.45, 7) is 5.17. The van der Waals surface area contributed by atoms with Gasteiger partial charge in [-0.2, -0.15) is 0 Å². The summed E-state index contributed by atoms with van der Waals surface area (Å²) in [6, 6.07) is 3.97. The fourth-order valence-corrected chi connectivity index (χ4v) is 1.69. The highest BCUT2D eigenvalue weighted by molar-refractivity contribution is 5.44. The molecule has 0 unspecified atom stereocenters. The van der Waals surface area contributed by atoms with Crippen LogP contribution >= 0.6 is 0 Å². The summed E-state index contributed by atoms with van der Waals surface area (Å²) in [6.07, 6.45) is 5.64. The summed E-state index contributed by atoms with van der Waals surface area (Å²) in [4.78, 5) is 4.34. The average Bonchev–Trinajstić information content (AvgIpc) is 2.64. The van der Waals surface area contributed by atoms with Crippen LogP contribution in [0.1, 0.15) is 31.9 Å². The van der Waals surface area contributed by atoms with Gasteiger partial charge in [0, 0.05) is 6.54 Å². The topological polar surface area (TPSA) is 42.2 Å². The van der Waals surface area contributed by atoms with Crippen LogP contribution in [-0.4, -0.2) is 21.1 Å². The van der Waals surface area contributed by atoms with E-state index in [1.165, 1.54) is 19.3 Å². The van der Waals surface area contributed by atoms with E-state index in [0.29, 0.717) is 0 Å². The Balaban J connectivity index is 2.02. The van der Waals surface area contributed by atoms with Crippen LogP contribution in [0.2, 0.25) is 0 Å². The lowest BCUT2D eigenvalue weighted by Crippen LogP contribution is -2.05. The molecule has 2 rings (SSSR count). The fraction of sp³-hybridized carbons (Fsp3) is 0.500. The largest absolute Gasteiger partial charge is 0.369 e. The first-order valence-corrected chi connectivity index (χ1v) is 5.86. The maximum atomic E-state index is 4.44. The van der Waals surface area contributed by atoms with Crippen molar-refractivity contribution in [3.05, 3.63) is 24.0 Å². The van der Waals surface area contributed by atoms with Crippen LogP contribution in [0, 0.1) is 6.92 Å². The highest BCUT2D eigenvalue weighted by atomic mass is 15.3. The maximum absolute atomic E-state index is 4.44. The molecular weight excluding hydrogens is 200 g/mol. The van der Waals surface area contributed by atoms with Gasteiger partial charge in [0.1, 0.15) is 5.82 Å². The molecule has 0 saturated carbocycles. The maximum Gasteiger partial charge on any atom is 0.153 e. The third-order valence-corrected chi connectivity index (χ3v) is 2.53. The minimum atomic E-state index is 0.900. The molecule has 2 heterocycles. The molecule has 0 fully saturated rings. The number of rotatable bonds is 5. The monoisotopic (exact) mass is 218 g/mol. The van der Waals surface area contributed by atoms with E-state index in [0.717, 1.165) is 23.7 Å². The van der Waals surface area contributed by atoms with E-state index in [-0.39, 0.29) is 0 Å². The lowest BCUT2D eigenvalue weighted by atomic mass is 10.2. The van der Waals surface area contributed by atoms with Crippen LogP contribution in [0.25, 0.3) is 5.65 Å².